The Balaban J connectivity index is 3.03. The summed E-state index contributed by atoms with van der Waals surface area (Å²) in [6, 6.07) is 1.85. The van der Waals surface area contributed by atoms with Crippen molar-refractivity contribution < 1.29 is 18.7 Å². The Bertz CT molecular complexity index is 811. The molecule has 0 radical (unpaired) electrons. The highest BCUT2D eigenvalue weighted by atomic mass is 19.1. The van der Waals surface area contributed by atoms with Crippen molar-refractivity contribution in [2.75, 3.05) is 13.7 Å². The maximum Gasteiger partial charge on any atom is 0.330 e. The average Bonchev–Trinajstić information content (AvgIpc) is 2.58. The molecule has 0 saturated carbocycles. The first-order valence-electron chi connectivity index (χ1n) is 8.93. The summed E-state index contributed by atoms with van der Waals surface area (Å²) in [5.74, 6) is 0.115. The molecule has 146 valence electrons. The van der Waals surface area contributed by atoms with Crippen molar-refractivity contribution in [3.8, 4) is 5.75 Å². The van der Waals surface area contributed by atoms with Gasteiger partial charge in [-0.25, -0.2) is 9.18 Å². The fourth-order valence-electron chi connectivity index (χ4n) is 2.71. The summed E-state index contributed by atoms with van der Waals surface area (Å²) in [4.78, 5) is 11.4. The fourth-order valence-corrected chi connectivity index (χ4v) is 2.71. The van der Waals surface area contributed by atoms with Crippen LogP contribution in [0.1, 0.15) is 43.0 Å². The summed E-state index contributed by atoms with van der Waals surface area (Å²) in [6.07, 6.45) is 8.29. The molecule has 0 bridgehead atoms. The Morgan fingerprint density at radius 2 is 1.78 bits per heavy atom. The third-order valence-corrected chi connectivity index (χ3v) is 4.21. The number of carbonyl (C=O) groups excluding carboxylic acids is 1. The molecule has 1 rings (SSSR count). The van der Waals surface area contributed by atoms with Crippen molar-refractivity contribution in [1.82, 2.24) is 0 Å². The third-order valence-electron chi connectivity index (χ3n) is 4.21. The molecular weight excluding hydrogens is 343 g/mol. The van der Waals surface area contributed by atoms with Gasteiger partial charge < -0.3 is 9.47 Å². The lowest BCUT2D eigenvalue weighted by Gasteiger charge is -2.15. The van der Waals surface area contributed by atoms with Crippen molar-refractivity contribution in [2.45, 2.75) is 41.5 Å². The molecule has 0 fully saturated rings. The van der Waals surface area contributed by atoms with Crippen molar-refractivity contribution in [2.24, 2.45) is 0 Å². The second kappa shape index (κ2) is 10.5. The van der Waals surface area contributed by atoms with Crippen LogP contribution in [0, 0.1) is 20.8 Å². The van der Waals surface area contributed by atoms with Crippen molar-refractivity contribution in [3.63, 3.8) is 0 Å². The molecule has 0 aliphatic heterocycles. The first kappa shape index (κ1) is 22.4. The number of hydrogen-bond acceptors (Lipinski definition) is 3. The van der Waals surface area contributed by atoms with E-state index in [0.29, 0.717) is 12.2 Å². The van der Waals surface area contributed by atoms with Gasteiger partial charge in [-0.1, -0.05) is 18.2 Å². The number of methoxy groups -OCH3 is 1. The van der Waals surface area contributed by atoms with E-state index in [2.05, 4.69) is 0 Å². The fraction of sp³-hybridized carbons (Fsp3) is 0.348. The van der Waals surface area contributed by atoms with E-state index in [1.807, 2.05) is 33.8 Å². The predicted molar refractivity (Wildman–Crippen MR) is 110 cm³/mol. The first-order chi connectivity index (χ1) is 12.7. The maximum atomic E-state index is 14.8. The van der Waals surface area contributed by atoms with Crippen molar-refractivity contribution in [3.05, 3.63) is 69.8 Å². The van der Waals surface area contributed by atoms with E-state index in [0.717, 1.165) is 33.6 Å². The Kier molecular flexibility index (Phi) is 8.73. The van der Waals surface area contributed by atoms with Crippen LogP contribution in [0.5, 0.6) is 5.75 Å². The van der Waals surface area contributed by atoms with E-state index in [4.69, 9.17) is 9.47 Å². The van der Waals surface area contributed by atoms with Gasteiger partial charge in [0.15, 0.2) is 0 Å². The summed E-state index contributed by atoms with van der Waals surface area (Å²) in [5.41, 5.74) is 4.77. The maximum absolute atomic E-state index is 14.8. The minimum Gasteiger partial charge on any atom is -0.496 e. The van der Waals surface area contributed by atoms with E-state index >= 15 is 0 Å². The second-order valence-electron chi connectivity index (χ2n) is 6.42. The van der Waals surface area contributed by atoms with Crippen LogP contribution in [-0.2, 0) is 9.53 Å². The highest BCUT2D eigenvalue weighted by molar-refractivity contribution is 5.83. The summed E-state index contributed by atoms with van der Waals surface area (Å²) in [5, 5.41) is 0. The first-order valence-corrected chi connectivity index (χ1v) is 8.93. The number of carbonyl (C=O) groups is 1. The van der Waals surface area contributed by atoms with Crippen LogP contribution in [0.3, 0.4) is 0 Å². The molecule has 0 unspecified atom stereocenters. The van der Waals surface area contributed by atoms with Gasteiger partial charge in [0.05, 0.1) is 13.7 Å². The van der Waals surface area contributed by atoms with E-state index < -0.39 is 0 Å². The van der Waals surface area contributed by atoms with Crippen molar-refractivity contribution in [1.29, 1.82) is 0 Å². The van der Waals surface area contributed by atoms with Gasteiger partial charge in [-0.3, -0.25) is 0 Å². The summed E-state index contributed by atoms with van der Waals surface area (Å²) < 4.78 is 25.0. The quantitative estimate of drug-likeness (QED) is 0.337. The molecule has 27 heavy (non-hydrogen) atoms. The van der Waals surface area contributed by atoms with Gasteiger partial charge in [0.2, 0.25) is 0 Å². The van der Waals surface area contributed by atoms with Crippen molar-refractivity contribution >= 4 is 11.8 Å². The minimum absolute atomic E-state index is 0.281. The molecular formula is C23H29FO3. The third kappa shape index (κ3) is 6.55. The number of esters is 1. The molecule has 0 saturated heterocycles. The number of hydrogen-bond donors (Lipinski definition) is 0. The van der Waals surface area contributed by atoms with Gasteiger partial charge in [0.25, 0.3) is 0 Å². The summed E-state index contributed by atoms with van der Waals surface area (Å²) in [7, 11) is 1.62. The van der Waals surface area contributed by atoms with Crippen LogP contribution in [0.2, 0.25) is 0 Å². The van der Waals surface area contributed by atoms with Crippen LogP contribution < -0.4 is 4.74 Å². The lowest BCUT2D eigenvalue weighted by molar-refractivity contribution is -0.137. The molecule has 0 heterocycles. The monoisotopic (exact) mass is 372 g/mol. The van der Waals surface area contributed by atoms with Gasteiger partial charge in [0, 0.05) is 11.6 Å². The highest BCUT2D eigenvalue weighted by Crippen LogP contribution is 2.32. The van der Waals surface area contributed by atoms with Crippen LogP contribution in [0.25, 0.3) is 5.83 Å². The van der Waals surface area contributed by atoms with E-state index in [-0.39, 0.29) is 11.8 Å². The summed E-state index contributed by atoms with van der Waals surface area (Å²) in [6.45, 7) is 11.4. The lowest BCUT2D eigenvalue weighted by atomic mass is 9.95. The largest absolute Gasteiger partial charge is 0.496 e. The molecule has 0 aliphatic carbocycles. The zero-order chi connectivity index (χ0) is 20.6. The van der Waals surface area contributed by atoms with Gasteiger partial charge in [-0.05, 0) is 81.5 Å². The molecule has 0 spiro atoms. The second-order valence-corrected chi connectivity index (χ2v) is 6.42. The van der Waals surface area contributed by atoms with E-state index in [1.54, 1.807) is 39.2 Å². The molecule has 0 aromatic heterocycles. The number of ether oxygens (including phenoxy) is 2. The zero-order valence-electron chi connectivity index (χ0n) is 17.3. The van der Waals surface area contributed by atoms with Crippen LogP contribution in [0.15, 0.2) is 47.6 Å². The number of rotatable bonds is 7. The Morgan fingerprint density at radius 1 is 1.11 bits per heavy atom. The number of allylic oxidation sites excluding steroid dienone is 6. The molecule has 0 amide bonds. The molecule has 0 N–H and O–H groups in total. The Labute approximate surface area is 161 Å². The van der Waals surface area contributed by atoms with Crippen LogP contribution in [-0.4, -0.2) is 19.7 Å². The van der Waals surface area contributed by atoms with Crippen LogP contribution in [0.4, 0.5) is 4.39 Å². The molecule has 4 heteroatoms. The average molecular weight is 372 g/mol. The van der Waals surface area contributed by atoms with Gasteiger partial charge in [-0.15, -0.1) is 0 Å². The topological polar surface area (TPSA) is 35.5 Å². The summed E-state index contributed by atoms with van der Waals surface area (Å²) >= 11 is 0. The molecule has 0 aliphatic rings. The standard InChI is InChI=1S/C23H29FO3/c1-8-27-22(25)13-16(3)11-9-10-15(2)12-20(24)23-17(4)14-21(26-7)18(5)19(23)6/h9-14H,8H2,1-7H3/b11-9+,15-10+,16-13+,20-12+. The molecule has 0 atom stereocenters. The molecule has 1 aromatic carbocycles. The Morgan fingerprint density at radius 3 is 2.37 bits per heavy atom. The number of benzene rings is 1. The molecule has 3 nitrogen and oxygen atoms in total. The van der Waals surface area contributed by atoms with Crippen LogP contribution >= 0.6 is 0 Å². The number of halogens is 1. The SMILES string of the molecule is CCOC(=O)/C=C(C)/C=C/C=C(C)/C=C(/F)c1c(C)cc(OC)c(C)c1C. The van der Waals surface area contributed by atoms with Gasteiger partial charge in [-0.2, -0.15) is 0 Å². The predicted octanol–water partition coefficient (Wildman–Crippen LogP) is 5.94. The minimum atomic E-state index is -0.368. The zero-order valence-corrected chi connectivity index (χ0v) is 17.3. The van der Waals surface area contributed by atoms with Gasteiger partial charge in [0.1, 0.15) is 11.6 Å². The smallest absolute Gasteiger partial charge is 0.330 e. The van der Waals surface area contributed by atoms with E-state index in [1.165, 1.54) is 12.2 Å². The number of aryl methyl sites for hydroxylation is 1. The molecule has 1 aromatic rings. The normalized spacial score (nSPS) is 13.3. The van der Waals surface area contributed by atoms with Gasteiger partial charge >= 0.3 is 5.97 Å². The Hall–Kier alpha value is -2.62. The van der Waals surface area contributed by atoms with E-state index in [9.17, 15) is 9.18 Å². The lowest BCUT2D eigenvalue weighted by Crippen LogP contribution is -1.99. The highest BCUT2D eigenvalue weighted by Gasteiger charge is 2.14.